The largest absolute Gasteiger partial charge is 0.368 e. The number of aryl methyl sites for hydroxylation is 1. The van der Waals surface area contributed by atoms with Gasteiger partial charge in [-0.1, -0.05) is 35.9 Å². The Morgan fingerprint density at radius 3 is 2.41 bits per heavy atom. The normalized spacial score (nSPS) is 16.8. The summed E-state index contributed by atoms with van der Waals surface area (Å²) in [5.74, 6) is -0.0136. The molecule has 0 N–H and O–H groups in total. The van der Waals surface area contributed by atoms with Crippen LogP contribution < -0.4 is 4.90 Å². The predicted octanol–water partition coefficient (Wildman–Crippen LogP) is 3.97. The first-order chi connectivity index (χ1) is 16.5. The van der Waals surface area contributed by atoms with E-state index >= 15 is 0 Å². The molecule has 2 aromatic carbocycles. The quantitative estimate of drug-likeness (QED) is 0.568. The lowest BCUT2D eigenvalue weighted by Gasteiger charge is -2.37. The van der Waals surface area contributed by atoms with Gasteiger partial charge in [-0.15, -0.1) is 0 Å². The molecule has 2 aliphatic heterocycles. The van der Waals surface area contributed by atoms with Crippen LogP contribution in [0, 0.1) is 6.92 Å². The molecule has 178 valence electrons. The zero-order valence-electron chi connectivity index (χ0n) is 19.5. The molecule has 0 atom stereocenters. The summed E-state index contributed by atoms with van der Waals surface area (Å²) in [4.78, 5) is 32.4. The van der Waals surface area contributed by atoms with E-state index in [4.69, 9.17) is 11.6 Å². The van der Waals surface area contributed by atoms with Crippen LogP contribution in [-0.4, -0.2) is 70.7 Å². The lowest BCUT2D eigenvalue weighted by Crippen LogP contribution is -2.49. The molecule has 0 radical (unpaired) electrons. The number of hydrogen-bond donors (Lipinski definition) is 0. The van der Waals surface area contributed by atoms with Gasteiger partial charge in [0.05, 0.1) is 5.52 Å². The van der Waals surface area contributed by atoms with E-state index in [1.165, 1.54) is 5.56 Å². The minimum absolute atomic E-state index is 0.0210. The minimum atomic E-state index is -0.0346. The second kappa shape index (κ2) is 9.66. The van der Waals surface area contributed by atoms with E-state index in [1.54, 1.807) is 4.68 Å². The summed E-state index contributed by atoms with van der Waals surface area (Å²) in [7, 11) is 0. The van der Waals surface area contributed by atoms with E-state index in [9.17, 15) is 9.59 Å². The van der Waals surface area contributed by atoms with Gasteiger partial charge in [0.15, 0.2) is 5.69 Å². The number of nitrogens with zero attached hydrogens (tertiary/aromatic N) is 5. The van der Waals surface area contributed by atoms with Crippen molar-refractivity contribution < 1.29 is 9.59 Å². The van der Waals surface area contributed by atoms with Gasteiger partial charge in [-0.3, -0.25) is 14.3 Å². The molecule has 8 heteroatoms. The molecule has 0 saturated carbocycles. The Morgan fingerprint density at radius 1 is 0.912 bits per heavy atom. The van der Waals surface area contributed by atoms with Crippen LogP contribution in [0.3, 0.4) is 0 Å². The number of aromatic nitrogens is 2. The van der Waals surface area contributed by atoms with Crippen LogP contribution in [0.1, 0.15) is 35.3 Å². The van der Waals surface area contributed by atoms with Crippen molar-refractivity contribution in [3.05, 3.63) is 58.7 Å². The highest BCUT2D eigenvalue weighted by atomic mass is 35.5. The molecular formula is C26H30ClN5O2. The number of carbonyl (C=O) groups is 2. The van der Waals surface area contributed by atoms with E-state index in [-0.39, 0.29) is 18.4 Å². The molecule has 1 aromatic heterocycles. The first-order valence-electron chi connectivity index (χ1n) is 12.0. The Bertz CT molecular complexity index is 1210. The van der Waals surface area contributed by atoms with Crippen LogP contribution in [0.15, 0.2) is 42.5 Å². The summed E-state index contributed by atoms with van der Waals surface area (Å²) < 4.78 is 1.70. The van der Waals surface area contributed by atoms with Gasteiger partial charge in [0.1, 0.15) is 6.54 Å². The second-order valence-electron chi connectivity index (χ2n) is 9.17. The van der Waals surface area contributed by atoms with Gasteiger partial charge < -0.3 is 14.7 Å². The average molecular weight is 480 g/mol. The molecule has 2 aliphatic rings. The van der Waals surface area contributed by atoms with Crippen LogP contribution in [0.4, 0.5) is 5.69 Å². The fourth-order valence-corrected chi connectivity index (χ4v) is 5.17. The summed E-state index contributed by atoms with van der Waals surface area (Å²) in [6.45, 7) is 6.55. The fourth-order valence-electron chi connectivity index (χ4n) is 5.00. The highest BCUT2D eigenvalue weighted by Crippen LogP contribution is 2.26. The van der Waals surface area contributed by atoms with Gasteiger partial charge >= 0.3 is 0 Å². The maximum Gasteiger partial charge on any atom is 0.275 e. The van der Waals surface area contributed by atoms with Crippen molar-refractivity contribution in [3.8, 4) is 0 Å². The van der Waals surface area contributed by atoms with Gasteiger partial charge in [0, 0.05) is 55.4 Å². The third-order valence-electron chi connectivity index (χ3n) is 6.93. The number of likely N-dealkylation sites (tertiary alicyclic amines) is 1. The standard InChI is InChI=1S/C26H30ClN5O2/c1-19-9-10-20(27)17-23(19)29-13-15-30(16-14-29)24(33)18-32-22-8-4-3-7-21(22)25(28-32)26(34)31-11-5-2-6-12-31/h3-4,7-10,17H,2,5-6,11-16,18H2,1H3. The Kier molecular flexibility index (Phi) is 6.46. The van der Waals surface area contributed by atoms with Gasteiger partial charge in [-0.25, -0.2) is 0 Å². The topological polar surface area (TPSA) is 61.7 Å². The number of fused-ring (bicyclic) bond motifs is 1. The predicted molar refractivity (Wildman–Crippen MR) is 134 cm³/mol. The van der Waals surface area contributed by atoms with E-state index < -0.39 is 0 Å². The number of piperidine rings is 1. The summed E-state index contributed by atoms with van der Waals surface area (Å²) >= 11 is 6.20. The number of para-hydroxylation sites is 1. The van der Waals surface area contributed by atoms with Gasteiger partial charge in [-0.2, -0.15) is 5.10 Å². The van der Waals surface area contributed by atoms with Crippen LogP contribution in [0.5, 0.6) is 0 Å². The lowest BCUT2D eigenvalue weighted by molar-refractivity contribution is -0.132. The monoisotopic (exact) mass is 479 g/mol. The number of hydrogen-bond acceptors (Lipinski definition) is 4. The van der Waals surface area contributed by atoms with E-state index in [1.807, 2.05) is 52.3 Å². The lowest BCUT2D eigenvalue weighted by atomic mass is 10.1. The number of rotatable bonds is 4. The highest BCUT2D eigenvalue weighted by molar-refractivity contribution is 6.30. The SMILES string of the molecule is Cc1ccc(Cl)cc1N1CCN(C(=O)Cn2nc(C(=O)N3CCCCC3)c3ccccc32)CC1. The fraction of sp³-hybridized carbons (Fsp3) is 0.423. The van der Waals surface area contributed by atoms with Gasteiger partial charge in [-0.05, 0) is 49.9 Å². The molecule has 2 saturated heterocycles. The highest BCUT2D eigenvalue weighted by Gasteiger charge is 2.26. The number of carbonyl (C=O) groups excluding carboxylic acids is 2. The van der Waals surface area contributed by atoms with E-state index in [0.29, 0.717) is 18.8 Å². The molecule has 0 unspecified atom stereocenters. The van der Waals surface area contributed by atoms with Crippen molar-refractivity contribution >= 4 is 40.0 Å². The molecule has 5 rings (SSSR count). The van der Waals surface area contributed by atoms with Crippen LogP contribution in [0.2, 0.25) is 5.02 Å². The molecule has 3 aromatic rings. The Hall–Kier alpha value is -3.06. The first kappa shape index (κ1) is 22.7. The van der Waals surface area contributed by atoms with E-state index in [2.05, 4.69) is 16.9 Å². The first-order valence-corrected chi connectivity index (χ1v) is 12.4. The Morgan fingerprint density at radius 2 is 1.65 bits per heavy atom. The van der Waals surface area contributed by atoms with Crippen molar-refractivity contribution in [2.75, 3.05) is 44.2 Å². The Balaban J connectivity index is 1.29. The number of anilines is 1. The molecule has 2 fully saturated rings. The molecule has 0 aliphatic carbocycles. The summed E-state index contributed by atoms with van der Waals surface area (Å²) in [6.07, 6.45) is 3.23. The van der Waals surface area contributed by atoms with Crippen LogP contribution in [-0.2, 0) is 11.3 Å². The Labute approximate surface area is 204 Å². The minimum Gasteiger partial charge on any atom is -0.368 e. The zero-order valence-corrected chi connectivity index (χ0v) is 20.3. The summed E-state index contributed by atoms with van der Waals surface area (Å²) in [6, 6.07) is 13.6. The maximum absolute atomic E-state index is 13.2. The number of amides is 2. The van der Waals surface area contributed by atoms with Crippen molar-refractivity contribution in [2.45, 2.75) is 32.7 Å². The molecule has 34 heavy (non-hydrogen) atoms. The third-order valence-corrected chi connectivity index (χ3v) is 7.17. The van der Waals surface area contributed by atoms with Crippen LogP contribution in [0.25, 0.3) is 10.9 Å². The summed E-state index contributed by atoms with van der Waals surface area (Å²) in [5, 5.41) is 6.17. The molecule has 7 nitrogen and oxygen atoms in total. The third kappa shape index (κ3) is 4.49. The average Bonchev–Trinajstić information content (AvgIpc) is 3.24. The molecular weight excluding hydrogens is 450 g/mol. The maximum atomic E-state index is 13.2. The van der Waals surface area contributed by atoms with E-state index in [0.717, 1.165) is 67.1 Å². The molecule has 0 bridgehead atoms. The number of benzene rings is 2. The smallest absolute Gasteiger partial charge is 0.275 e. The number of halogens is 1. The van der Waals surface area contributed by atoms with Gasteiger partial charge in [0.25, 0.3) is 5.91 Å². The summed E-state index contributed by atoms with van der Waals surface area (Å²) in [5.41, 5.74) is 3.58. The van der Waals surface area contributed by atoms with Crippen molar-refractivity contribution in [2.24, 2.45) is 0 Å². The van der Waals surface area contributed by atoms with Crippen LogP contribution >= 0.6 is 11.6 Å². The van der Waals surface area contributed by atoms with Crippen molar-refractivity contribution in [1.82, 2.24) is 19.6 Å². The molecule has 0 spiro atoms. The van der Waals surface area contributed by atoms with Gasteiger partial charge in [0.2, 0.25) is 5.91 Å². The zero-order chi connectivity index (χ0) is 23.7. The molecule has 2 amide bonds. The molecule has 3 heterocycles. The van der Waals surface area contributed by atoms with Crippen molar-refractivity contribution in [3.63, 3.8) is 0 Å². The second-order valence-corrected chi connectivity index (χ2v) is 9.61. The van der Waals surface area contributed by atoms with Crippen molar-refractivity contribution in [1.29, 1.82) is 0 Å². The number of piperazine rings is 1.